The van der Waals surface area contributed by atoms with E-state index in [1.165, 1.54) is 51.4 Å². The van der Waals surface area contributed by atoms with Gasteiger partial charge in [0, 0.05) is 12.3 Å². The molecular weight excluding hydrogens is 567 g/mol. The van der Waals surface area contributed by atoms with E-state index in [-0.39, 0.29) is 6.42 Å². The molecule has 0 aliphatic heterocycles. The highest BCUT2D eigenvalue weighted by Crippen LogP contribution is 2.35. The molecule has 0 aromatic heterocycles. The molecule has 0 saturated heterocycles. The summed E-state index contributed by atoms with van der Waals surface area (Å²) in [6, 6.07) is 0. The molecule has 0 saturated carbocycles. The van der Waals surface area contributed by atoms with Crippen LogP contribution in [-0.2, 0) is 28.2 Å². The van der Waals surface area contributed by atoms with E-state index in [2.05, 4.69) is 94.3 Å². The van der Waals surface area contributed by atoms with E-state index in [9.17, 15) is 14.2 Å². The summed E-state index contributed by atoms with van der Waals surface area (Å²) in [4.78, 5) is 42.0. The number of hydrogen-bond acceptors (Lipinski definition) is 6. The van der Waals surface area contributed by atoms with Crippen molar-refractivity contribution in [2.45, 2.75) is 103 Å². The third-order valence-corrected chi connectivity index (χ3v) is 5.82. The topological polar surface area (TPSA) is 119 Å². The lowest BCUT2D eigenvalue weighted by Gasteiger charge is -2.17. The van der Waals surface area contributed by atoms with Crippen molar-refractivity contribution in [3.05, 3.63) is 0 Å². The largest absolute Gasteiger partial charge is 0.469 e. The molecule has 0 amide bonds. The van der Waals surface area contributed by atoms with Crippen LogP contribution < -0.4 is 0 Å². The van der Waals surface area contributed by atoms with Gasteiger partial charge < -0.3 is 19.3 Å². The first kappa shape index (κ1) is 39.0. The molecule has 0 aromatic rings. The summed E-state index contributed by atoms with van der Waals surface area (Å²) in [6.07, 6.45) is 12.7. The van der Waals surface area contributed by atoms with Crippen LogP contribution in [0.5, 0.6) is 0 Å². The third kappa shape index (κ3) is 30.8. The first-order valence-electron chi connectivity index (χ1n) is 14.3. The lowest BCUT2D eigenvalue weighted by atomic mass is 10.0. The van der Waals surface area contributed by atoms with Gasteiger partial charge in [-0.3, -0.25) is 9.32 Å². The Kier molecular flexibility index (Phi) is 25.5. The van der Waals surface area contributed by atoms with E-state index in [0.29, 0.717) is 6.42 Å². The average Bonchev–Trinajstić information content (AvgIpc) is 2.97. The highest BCUT2D eigenvalue weighted by molar-refractivity contribution is 7.46. The van der Waals surface area contributed by atoms with Crippen molar-refractivity contribution in [3.8, 4) is 82.9 Å². The minimum Gasteiger partial charge on any atom is -0.456 e. The van der Waals surface area contributed by atoms with E-state index >= 15 is 0 Å². The fraction of sp³-hybridized carbons (Fsp3) is 0.529. The molecule has 0 aromatic carbocycles. The number of unbranched alkanes of at least 4 members (excludes halogenated alkanes) is 11. The molecule has 0 rings (SSSR count). The number of phosphoric ester groups is 1. The Morgan fingerprint density at radius 1 is 0.651 bits per heavy atom. The Morgan fingerprint density at radius 3 is 1.56 bits per heavy atom. The van der Waals surface area contributed by atoms with Gasteiger partial charge in [0.15, 0.2) is 6.10 Å². The number of hydrogen-bond donors (Lipinski definition) is 2. The second-order valence-electron chi connectivity index (χ2n) is 9.01. The maximum absolute atomic E-state index is 12.2. The molecule has 43 heavy (non-hydrogen) atoms. The smallest absolute Gasteiger partial charge is 0.456 e. The van der Waals surface area contributed by atoms with Crippen molar-refractivity contribution in [1.82, 2.24) is 0 Å². The van der Waals surface area contributed by atoms with Gasteiger partial charge in [-0.2, -0.15) is 0 Å². The van der Waals surface area contributed by atoms with Gasteiger partial charge in [0.05, 0.1) is 6.61 Å². The van der Waals surface area contributed by atoms with Crippen LogP contribution in [0, 0.1) is 82.9 Å². The third-order valence-electron chi connectivity index (χ3n) is 5.34. The minimum atomic E-state index is -4.82. The summed E-state index contributed by atoms with van der Waals surface area (Å²) in [5.74, 6) is 32.3. The van der Waals surface area contributed by atoms with Crippen LogP contribution in [0.3, 0.4) is 0 Å². The molecule has 2 N–H and O–H groups in total. The molecular formula is C34H39O8P. The van der Waals surface area contributed by atoms with Gasteiger partial charge in [-0.15, -0.1) is 0 Å². The van der Waals surface area contributed by atoms with Gasteiger partial charge in [0.25, 0.3) is 0 Å². The Balaban J connectivity index is 4.47. The Bertz CT molecular complexity index is 1340. The van der Waals surface area contributed by atoms with Gasteiger partial charge >= 0.3 is 19.8 Å². The van der Waals surface area contributed by atoms with E-state index in [0.717, 1.165) is 19.3 Å². The van der Waals surface area contributed by atoms with Gasteiger partial charge in [-0.05, 0) is 84.4 Å². The molecule has 0 aliphatic carbocycles. The van der Waals surface area contributed by atoms with E-state index in [1.807, 2.05) is 0 Å². The standard InChI is InChI=1S/C34H39O8P/c1-3-5-7-9-11-13-15-17-19-20-22-24-26-28-33(35)40-30-32(31-41-43(37,38)39)42-34(36)29-27-25-23-21-18-16-14-12-10-8-6-4-2/h32H,4,6,8,10,12,14,16,18,21,23,25,27,29-31H2,1-2H3,(H2,37,38,39)/t32-/m0/s1. The maximum atomic E-state index is 12.2. The monoisotopic (exact) mass is 606 g/mol. The Morgan fingerprint density at radius 2 is 1.09 bits per heavy atom. The van der Waals surface area contributed by atoms with Crippen LogP contribution in [-0.4, -0.2) is 41.0 Å². The molecule has 0 spiro atoms. The van der Waals surface area contributed by atoms with Crippen molar-refractivity contribution >= 4 is 19.8 Å². The minimum absolute atomic E-state index is 0.132. The SMILES string of the molecule is CC#CC#CC#CC#CC#CC#CC#CC(=O)OC[C@@H](COP(=O)(O)O)OC(=O)CCCCCCCCCCCCCC. The van der Waals surface area contributed by atoms with Crippen LogP contribution in [0.25, 0.3) is 0 Å². The first-order valence-corrected chi connectivity index (χ1v) is 15.8. The Labute approximate surface area is 257 Å². The van der Waals surface area contributed by atoms with Gasteiger partial charge in [-0.1, -0.05) is 83.5 Å². The van der Waals surface area contributed by atoms with Crippen LogP contribution in [0.4, 0.5) is 0 Å². The number of ether oxygens (including phenoxy) is 2. The molecule has 0 aliphatic rings. The summed E-state index contributed by atoms with van der Waals surface area (Å²) in [7, 11) is -4.82. The van der Waals surface area contributed by atoms with Gasteiger partial charge in [0.2, 0.25) is 0 Å². The van der Waals surface area contributed by atoms with Crippen LogP contribution >= 0.6 is 7.82 Å². The zero-order valence-corrected chi connectivity index (χ0v) is 25.9. The van der Waals surface area contributed by atoms with Crippen molar-refractivity contribution in [1.29, 1.82) is 0 Å². The lowest BCUT2D eigenvalue weighted by molar-refractivity contribution is -0.158. The molecule has 1 atom stereocenters. The number of esters is 2. The first-order chi connectivity index (χ1) is 20.8. The number of rotatable bonds is 19. The maximum Gasteiger partial charge on any atom is 0.469 e. The Hall–Kier alpha value is -4.03. The van der Waals surface area contributed by atoms with Crippen LogP contribution in [0.15, 0.2) is 0 Å². The molecule has 0 heterocycles. The lowest BCUT2D eigenvalue weighted by Crippen LogP contribution is -2.29. The van der Waals surface area contributed by atoms with Crippen molar-refractivity contribution in [2.75, 3.05) is 13.2 Å². The van der Waals surface area contributed by atoms with Crippen LogP contribution in [0.1, 0.15) is 97.3 Å². The molecule has 8 nitrogen and oxygen atoms in total. The predicted molar refractivity (Wildman–Crippen MR) is 165 cm³/mol. The van der Waals surface area contributed by atoms with E-state index in [1.54, 1.807) is 6.92 Å². The number of phosphoric acid groups is 1. The molecule has 9 heteroatoms. The predicted octanol–water partition coefficient (Wildman–Crippen LogP) is 4.69. The average molecular weight is 607 g/mol. The highest BCUT2D eigenvalue weighted by Gasteiger charge is 2.22. The zero-order valence-electron chi connectivity index (χ0n) is 25.0. The van der Waals surface area contributed by atoms with Crippen molar-refractivity contribution in [3.63, 3.8) is 0 Å². The molecule has 0 radical (unpaired) electrons. The summed E-state index contributed by atoms with van der Waals surface area (Å²) in [5.41, 5.74) is 0. The second-order valence-corrected chi connectivity index (χ2v) is 10.3. The van der Waals surface area contributed by atoms with Crippen molar-refractivity contribution in [2.24, 2.45) is 0 Å². The van der Waals surface area contributed by atoms with Gasteiger partial charge in [0.1, 0.15) is 6.61 Å². The highest BCUT2D eigenvalue weighted by atomic mass is 31.2. The van der Waals surface area contributed by atoms with Crippen LogP contribution in [0.2, 0.25) is 0 Å². The normalized spacial score (nSPS) is 9.77. The summed E-state index contributed by atoms with van der Waals surface area (Å²) in [5, 5.41) is 0. The quantitative estimate of drug-likeness (QED) is 0.0715. The summed E-state index contributed by atoms with van der Waals surface area (Å²) in [6.45, 7) is 2.72. The van der Waals surface area contributed by atoms with Crippen molar-refractivity contribution < 1.29 is 37.9 Å². The number of carbonyl (C=O) groups is 2. The summed E-state index contributed by atoms with van der Waals surface area (Å²) < 4.78 is 25.6. The van der Waals surface area contributed by atoms with Gasteiger partial charge in [-0.25, -0.2) is 9.36 Å². The van der Waals surface area contributed by atoms with E-state index < -0.39 is 39.1 Å². The summed E-state index contributed by atoms with van der Waals surface area (Å²) >= 11 is 0. The molecule has 0 unspecified atom stereocenters. The molecule has 228 valence electrons. The second kappa shape index (κ2) is 28.1. The molecule has 0 bridgehead atoms. The van der Waals surface area contributed by atoms with E-state index in [4.69, 9.17) is 19.3 Å². The fourth-order valence-corrected chi connectivity index (χ4v) is 3.67. The fourth-order valence-electron chi connectivity index (χ4n) is 3.31. The molecule has 0 fully saturated rings. The zero-order chi connectivity index (χ0) is 31.9. The number of carbonyl (C=O) groups excluding carboxylic acids is 2.